The van der Waals surface area contributed by atoms with Crippen LogP contribution in [0.3, 0.4) is 0 Å². The number of aryl methyl sites for hydroxylation is 1. The lowest BCUT2D eigenvalue weighted by atomic mass is 10.2. The third-order valence-electron chi connectivity index (χ3n) is 2.65. The second kappa shape index (κ2) is 3.76. The topological polar surface area (TPSA) is 40.2 Å². The number of methoxy groups -OCH3 is 1. The van der Waals surface area contributed by atoms with E-state index < -0.39 is 0 Å². The number of hydrogen-bond acceptors (Lipinski definition) is 2. The van der Waals surface area contributed by atoms with E-state index in [0.717, 1.165) is 22.3 Å². The van der Waals surface area contributed by atoms with Crippen molar-refractivity contribution >= 4 is 22.5 Å². The largest absolute Gasteiger partial charge is 0.497 e. The molecule has 0 spiro atoms. The number of nitrogens with two attached hydrogens (primary N) is 1. The minimum Gasteiger partial charge on any atom is -0.497 e. The average molecular weight is 225 g/mol. The third-order valence-corrected chi connectivity index (χ3v) is 3.07. The molecule has 2 N–H and O–H groups in total. The standard InChI is InChI=1S/C11H13ClN2O/c1-14-9-4-3-7(15-2)5-8(9)11(12)10(14)6-13/h3-5H,6,13H2,1-2H3. The van der Waals surface area contributed by atoms with E-state index in [1.54, 1.807) is 7.11 Å². The van der Waals surface area contributed by atoms with Gasteiger partial charge in [0.25, 0.3) is 0 Å². The zero-order chi connectivity index (χ0) is 11.0. The van der Waals surface area contributed by atoms with E-state index in [1.165, 1.54) is 0 Å². The van der Waals surface area contributed by atoms with Crippen LogP contribution in [0.4, 0.5) is 0 Å². The molecule has 0 saturated carbocycles. The molecule has 0 aliphatic heterocycles. The van der Waals surface area contributed by atoms with Crippen LogP contribution in [0.1, 0.15) is 5.69 Å². The first kappa shape index (κ1) is 10.3. The zero-order valence-corrected chi connectivity index (χ0v) is 9.51. The second-order valence-corrected chi connectivity index (χ2v) is 3.78. The number of halogens is 1. The number of ether oxygens (including phenoxy) is 1. The highest BCUT2D eigenvalue weighted by molar-refractivity contribution is 6.36. The van der Waals surface area contributed by atoms with Gasteiger partial charge in [0, 0.05) is 24.5 Å². The lowest BCUT2D eigenvalue weighted by Crippen LogP contribution is -2.03. The molecule has 0 bridgehead atoms. The van der Waals surface area contributed by atoms with Gasteiger partial charge in [-0.25, -0.2) is 0 Å². The Bertz CT molecular complexity index is 505. The summed E-state index contributed by atoms with van der Waals surface area (Å²) in [4.78, 5) is 0. The molecule has 0 radical (unpaired) electrons. The highest BCUT2D eigenvalue weighted by Crippen LogP contribution is 2.32. The zero-order valence-electron chi connectivity index (χ0n) is 8.75. The number of hydrogen-bond donors (Lipinski definition) is 1. The van der Waals surface area contributed by atoms with Gasteiger partial charge in [0.05, 0.1) is 17.8 Å². The van der Waals surface area contributed by atoms with Crippen molar-refractivity contribution in [2.45, 2.75) is 6.54 Å². The Labute approximate surface area is 93.4 Å². The van der Waals surface area contributed by atoms with Gasteiger partial charge in [0.15, 0.2) is 0 Å². The summed E-state index contributed by atoms with van der Waals surface area (Å²) in [5.41, 5.74) is 7.66. The van der Waals surface area contributed by atoms with Gasteiger partial charge < -0.3 is 15.0 Å². The van der Waals surface area contributed by atoms with Gasteiger partial charge in [-0.1, -0.05) is 11.6 Å². The van der Waals surface area contributed by atoms with Crippen LogP contribution in [0.5, 0.6) is 5.75 Å². The van der Waals surface area contributed by atoms with Crippen LogP contribution in [0, 0.1) is 0 Å². The van der Waals surface area contributed by atoms with Crippen molar-refractivity contribution in [2.24, 2.45) is 12.8 Å². The van der Waals surface area contributed by atoms with Crippen molar-refractivity contribution in [1.29, 1.82) is 0 Å². The summed E-state index contributed by atoms with van der Waals surface area (Å²) in [6.45, 7) is 0.437. The molecular formula is C11H13ClN2O. The highest BCUT2D eigenvalue weighted by atomic mass is 35.5. The second-order valence-electron chi connectivity index (χ2n) is 3.41. The van der Waals surface area contributed by atoms with Crippen molar-refractivity contribution < 1.29 is 4.74 Å². The molecule has 3 nitrogen and oxygen atoms in total. The van der Waals surface area contributed by atoms with Crippen molar-refractivity contribution in [2.75, 3.05) is 7.11 Å². The van der Waals surface area contributed by atoms with E-state index in [9.17, 15) is 0 Å². The molecule has 1 heterocycles. The maximum Gasteiger partial charge on any atom is 0.119 e. The summed E-state index contributed by atoms with van der Waals surface area (Å²) in [6, 6.07) is 5.83. The molecule has 4 heteroatoms. The summed E-state index contributed by atoms with van der Waals surface area (Å²) in [5.74, 6) is 0.804. The quantitative estimate of drug-likeness (QED) is 0.851. The molecule has 0 amide bonds. The van der Waals surface area contributed by atoms with Gasteiger partial charge >= 0.3 is 0 Å². The average Bonchev–Trinajstić information content (AvgIpc) is 2.51. The smallest absolute Gasteiger partial charge is 0.119 e. The van der Waals surface area contributed by atoms with Crippen LogP contribution >= 0.6 is 11.6 Å². The van der Waals surface area contributed by atoms with Crippen LogP contribution < -0.4 is 10.5 Å². The molecule has 0 atom stereocenters. The van der Waals surface area contributed by atoms with E-state index in [0.29, 0.717) is 11.6 Å². The van der Waals surface area contributed by atoms with E-state index in [2.05, 4.69) is 0 Å². The molecule has 2 rings (SSSR count). The molecule has 0 saturated heterocycles. The summed E-state index contributed by atoms with van der Waals surface area (Å²) < 4.78 is 7.17. The fourth-order valence-corrected chi connectivity index (χ4v) is 2.14. The maximum atomic E-state index is 6.24. The normalized spacial score (nSPS) is 10.9. The number of fused-ring (bicyclic) bond motifs is 1. The minimum atomic E-state index is 0.437. The van der Waals surface area contributed by atoms with E-state index >= 15 is 0 Å². The Balaban J connectivity index is 2.77. The van der Waals surface area contributed by atoms with Crippen LogP contribution in [0.2, 0.25) is 5.02 Å². The van der Waals surface area contributed by atoms with Gasteiger partial charge in [-0.2, -0.15) is 0 Å². The van der Waals surface area contributed by atoms with Crippen LogP contribution in [-0.4, -0.2) is 11.7 Å². The fraction of sp³-hybridized carbons (Fsp3) is 0.273. The Hall–Kier alpha value is -1.19. The molecular weight excluding hydrogens is 212 g/mol. The first-order valence-corrected chi connectivity index (χ1v) is 5.07. The Morgan fingerprint density at radius 1 is 1.47 bits per heavy atom. The van der Waals surface area contributed by atoms with Crippen LogP contribution in [0.15, 0.2) is 18.2 Å². The summed E-state index contributed by atoms with van der Waals surface area (Å²) in [6.07, 6.45) is 0. The minimum absolute atomic E-state index is 0.437. The predicted molar refractivity (Wildman–Crippen MR) is 62.4 cm³/mol. The van der Waals surface area contributed by atoms with E-state index in [4.69, 9.17) is 22.1 Å². The van der Waals surface area contributed by atoms with Gasteiger partial charge in [-0.3, -0.25) is 0 Å². The molecule has 0 aliphatic carbocycles. The van der Waals surface area contributed by atoms with Crippen molar-refractivity contribution in [3.63, 3.8) is 0 Å². The molecule has 1 aromatic heterocycles. The van der Waals surface area contributed by atoms with E-state index in [1.807, 2.05) is 29.8 Å². The summed E-state index contributed by atoms with van der Waals surface area (Å²) >= 11 is 6.24. The number of aromatic nitrogens is 1. The first-order valence-electron chi connectivity index (χ1n) is 4.70. The molecule has 0 aliphatic rings. The van der Waals surface area contributed by atoms with Gasteiger partial charge in [0.2, 0.25) is 0 Å². The number of rotatable bonds is 2. The number of nitrogens with zero attached hydrogens (tertiary/aromatic N) is 1. The van der Waals surface area contributed by atoms with E-state index in [-0.39, 0.29) is 0 Å². The number of benzene rings is 1. The Morgan fingerprint density at radius 2 is 2.20 bits per heavy atom. The summed E-state index contributed by atoms with van der Waals surface area (Å²) in [5, 5.41) is 1.70. The Kier molecular flexibility index (Phi) is 2.59. The molecule has 15 heavy (non-hydrogen) atoms. The summed E-state index contributed by atoms with van der Waals surface area (Å²) in [7, 11) is 3.60. The molecule has 1 aromatic carbocycles. The molecule has 80 valence electrons. The SMILES string of the molecule is COc1ccc2c(c1)c(Cl)c(CN)n2C. The van der Waals surface area contributed by atoms with Crippen LogP contribution in [0.25, 0.3) is 10.9 Å². The van der Waals surface area contributed by atoms with Crippen LogP contribution in [-0.2, 0) is 13.6 Å². The lowest BCUT2D eigenvalue weighted by molar-refractivity contribution is 0.415. The maximum absolute atomic E-state index is 6.24. The van der Waals surface area contributed by atoms with Gasteiger partial charge in [-0.15, -0.1) is 0 Å². The van der Waals surface area contributed by atoms with Gasteiger partial charge in [-0.05, 0) is 18.2 Å². The van der Waals surface area contributed by atoms with Crippen molar-refractivity contribution in [1.82, 2.24) is 4.57 Å². The van der Waals surface area contributed by atoms with Crippen molar-refractivity contribution in [3.05, 3.63) is 28.9 Å². The fourth-order valence-electron chi connectivity index (χ4n) is 1.79. The predicted octanol–water partition coefficient (Wildman–Crippen LogP) is 2.30. The first-order chi connectivity index (χ1) is 7.19. The van der Waals surface area contributed by atoms with Crippen molar-refractivity contribution in [3.8, 4) is 5.75 Å². The molecule has 2 aromatic rings. The highest BCUT2D eigenvalue weighted by Gasteiger charge is 2.12. The Morgan fingerprint density at radius 3 is 2.80 bits per heavy atom. The third kappa shape index (κ3) is 1.48. The molecule has 0 fully saturated rings. The van der Waals surface area contributed by atoms with Gasteiger partial charge in [0.1, 0.15) is 5.75 Å². The monoisotopic (exact) mass is 224 g/mol. The molecule has 0 unspecified atom stereocenters. The lowest BCUT2D eigenvalue weighted by Gasteiger charge is -2.01.